The second kappa shape index (κ2) is 4.82. The minimum atomic E-state index is -0.234. The third-order valence-corrected chi connectivity index (χ3v) is 4.61. The molecule has 112 valence electrons. The zero-order valence-electron chi connectivity index (χ0n) is 12.2. The van der Waals surface area contributed by atoms with Gasteiger partial charge in [-0.3, -0.25) is 0 Å². The second-order valence-corrected chi connectivity index (χ2v) is 6.92. The Labute approximate surface area is 119 Å². The van der Waals surface area contributed by atoms with Gasteiger partial charge in [-0.1, -0.05) is 13.8 Å². The van der Waals surface area contributed by atoms with E-state index in [-0.39, 0.29) is 18.2 Å². The van der Waals surface area contributed by atoms with Crippen molar-refractivity contribution >= 4 is 12.1 Å². The predicted octanol–water partition coefficient (Wildman–Crippen LogP) is 1.41. The van der Waals surface area contributed by atoms with Crippen molar-refractivity contribution in [1.29, 1.82) is 0 Å². The van der Waals surface area contributed by atoms with E-state index in [2.05, 4.69) is 19.2 Å². The zero-order chi connectivity index (χ0) is 14.3. The van der Waals surface area contributed by atoms with Crippen molar-refractivity contribution in [3.05, 3.63) is 0 Å². The normalized spacial score (nSPS) is 29.3. The summed E-state index contributed by atoms with van der Waals surface area (Å²) >= 11 is 0. The van der Waals surface area contributed by atoms with E-state index in [1.54, 1.807) is 4.90 Å². The molecular formula is C14H23N3O3. The summed E-state index contributed by atoms with van der Waals surface area (Å²) in [6, 6.07) is 0.449. The number of carbonyl (C=O) groups excluding carboxylic acids is 2. The fraction of sp³-hybridized carbons (Fsp3) is 0.857. The van der Waals surface area contributed by atoms with Gasteiger partial charge in [-0.25, -0.2) is 9.59 Å². The van der Waals surface area contributed by atoms with Crippen LogP contribution in [-0.2, 0) is 4.74 Å². The van der Waals surface area contributed by atoms with Gasteiger partial charge in [0.2, 0.25) is 0 Å². The van der Waals surface area contributed by atoms with Gasteiger partial charge in [-0.05, 0) is 18.3 Å². The van der Waals surface area contributed by atoms with E-state index in [1.165, 1.54) is 0 Å². The van der Waals surface area contributed by atoms with Crippen LogP contribution in [0, 0.1) is 5.41 Å². The van der Waals surface area contributed by atoms with Crippen LogP contribution >= 0.6 is 0 Å². The lowest BCUT2D eigenvalue weighted by Gasteiger charge is -2.46. The van der Waals surface area contributed by atoms with Gasteiger partial charge in [0.1, 0.15) is 0 Å². The molecule has 2 heterocycles. The molecule has 0 aromatic rings. The Morgan fingerprint density at radius 1 is 1.35 bits per heavy atom. The largest absolute Gasteiger partial charge is 0.449 e. The summed E-state index contributed by atoms with van der Waals surface area (Å²) < 4.78 is 5.02. The van der Waals surface area contributed by atoms with Gasteiger partial charge in [-0.15, -0.1) is 0 Å². The Bertz CT molecular complexity index is 416. The first kappa shape index (κ1) is 13.5. The van der Waals surface area contributed by atoms with Crippen LogP contribution in [0.1, 0.15) is 33.1 Å². The number of urea groups is 1. The molecule has 1 atom stereocenters. The predicted molar refractivity (Wildman–Crippen MR) is 73.4 cm³/mol. The number of rotatable bonds is 1. The summed E-state index contributed by atoms with van der Waals surface area (Å²) in [5.41, 5.74) is 0.365. The number of fused-ring (bicyclic) bond motifs is 1. The minimum absolute atomic E-state index is 0.0177. The number of hydrogen-bond acceptors (Lipinski definition) is 3. The highest BCUT2D eigenvalue weighted by atomic mass is 16.6. The molecule has 3 rings (SSSR count). The molecule has 2 saturated heterocycles. The Kier molecular flexibility index (Phi) is 3.26. The molecule has 0 radical (unpaired) electrons. The third kappa shape index (κ3) is 2.55. The molecule has 3 fully saturated rings. The van der Waals surface area contributed by atoms with E-state index >= 15 is 0 Å². The van der Waals surface area contributed by atoms with Crippen LogP contribution in [0.15, 0.2) is 0 Å². The number of amides is 3. The molecule has 3 aliphatic rings. The first-order chi connectivity index (χ1) is 9.44. The third-order valence-electron chi connectivity index (χ3n) is 4.61. The van der Waals surface area contributed by atoms with Gasteiger partial charge in [0.05, 0.1) is 12.6 Å². The van der Waals surface area contributed by atoms with Crippen LogP contribution in [0.2, 0.25) is 0 Å². The first-order valence-corrected chi connectivity index (χ1v) is 7.43. The molecule has 0 spiro atoms. The molecule has 6 nitrogen and oxygen atoms in total. The van der Waals surface area contributed by atoms with E-state index in [1.807, 2.05) is 4.90 Å². The highest BCUT2D eigenvalue weighted by Gasteiger charge is 2.39. The van der Waals surface area contributed by atoms with Gasteiger partial charge in [0.25, 0.3) is 0 Å². The summed E-state index contributed by atoms with van der Waals surface area (Å²) in [5.74, 6) is 0. The number of hydrogen-bond donors (Lipinski definition) is 1. The highest BCUT2D eigenvalue weighted by Crippen LogP contribution is 2.39. The molecule has 1 aliphatic carbocycles. The number of carbonyl (C=O) groups is 2. The standard InChI is InChI=1S/C14H23N3O3/c1-14(2)7-10(8-14)15-12(18)16-4-5-17-11(9-16)3-6-20-13(17)19/h10-11H,3-9H2,1-2H3,(H,15,18). The number of nitrogens with one attached hydrogen (secondary N) is 1. The van der Waals surface area contributed by atoms with Gasteiger partial charge in [-0.2, -0.15) is 0 Å². The summed E-state index contributed by atoms with van der Waals surface area (Å²) in [6.45, 7) is 6.70. The molecule has 0 aromatic carbocycles. The van der Waals surface area contributed by atoms with Crippen LogP contribution in [0.4, 0.5) is 9.59 Å². The smallest absolute Gasteiger partial charge is 0.410 e. The molecule has 20 heavy (non-hydrogen) atoms. The number of ether oxygens (including phenoxy) is 1. The molecule has 3 amide bonds. The maximum Gasteiger partial charge on any atom is 0.410 e. The van der Waals surface area contributed by atoms with E-state index < -0.39 is 0 Å². The molecule has 0 bridgehead atoms. The maximum atomic E-state index is 12.2. The van der Waals surface area contributed by atoms with Crippen LogP contribution < -0.4 is 5.32 Å². The highest BCUT2D eigenvalue weighted by molar-refractivity contribution is 5.75. The van der Waals surface area contributed by atoms with Crippen molar-refractivity contribution in [2.24, 2.45) is 5.41 Å². The SMILES string of the molecule is CC1(C)CC(NC(=O)N2CCN3C(=O)OCCC3C2)C1. The Morgan fingerprint density at radius 2 is 2.10 bits per heavy atom. The molecule has 1 saturated carbocycles. The van der Waals surface area contributed by atoms with Crippen molar-refractivity contribution in [3.63, 3.8) is 0 Å². The second-order valence-electron chi connectivity index (χ2n) is 6.92. The summed E-state index contributed by atoms with van der Waals surface area (Å²) in [5, 5.41) is 3.10. The lowest BCUT2D eigenvalue weighted by atomic mass is 9.68. The fourth-order valence-corrected chi connectivity index (χ4v) is 3.53. The molecule has 1 N–H and O–H groups in total. The quantitative estimate of drug-likeness (QED) is 0.790. The van der Waals surface area contributed by atoms with Gasteiger partial charge in [0.15, 0.2) is 0 Å². The minimum Gasteiger partial charge on any atom is -0.449 e. The fourth-order valence-electron chi connectivity index (χ4n) is 3.53. The van der Waals surface area contributed by atoms with Crippen molar-refractivity contribution in [1.82, 2.24) is 15.1 Å². The van der Waals surface area contributed by atoms with E-state index in [4.69, 9.17) is 4.74 Å². The van der Waals surface area contributed by atoms with Crippen molar-refractivity contribution in [3.8, 4) is 0 Å². The maximum absolute atomic E-state index is 12.2. The van der Waals surface area contributed by atoms with Crippen molar-refractivity contribution < 1.29 is 14.3 Å². The summed E-state index contributed by atoms with van der Waals surface area (Å²) in [6.07, 6.45) is 2.68. The molecule has 6 heteroatoms. The average molecular weight is 281 g/mol. The van der Waals surface area contributed by atoms with E-state index in [0.29, 0.717) is 37.7 Å². The Balaban J connectivity index is 1.51. The Morgan fingerprint density at radius 3 is 2.80 bits per heavy atom. The monoisotopic (exact) mass is 281 g/mol. The Hall–Kier alpha value is -1.46. The van der Waals surface area contributed by atoms with Crippen molar-refractivity contribution in [2.75, 3.05) is 26.2 Å². The van der Waals surface area contributed by atoms with Crippen LogP contribution in [0.3, 0.4) is 0 Å². The van der Waals surface area contributed by atoms with Gasteiger partial charge < -0.3 is 19.9 Å². The topological polar surface area (TPSA) is 61.9 Å². The molecule has 2 aliphatic heterocycles. The van der Waals surface area contributed by atoms with Crippen LogP contribution in [0.25, 0.3) is 0 Å². The lowest BCUT2D eigenvalue weighted by Crippen LogP contribution is -2.61. The lowest BCUT2D eigenvalue weighted by molar-refractivity contribution is 0.0129. The molecule has 1 unspecified atom stereocenters. The molecular weight excluding hydrogens is 258 g/mol. The number of cyclic esters (lactones) is 1. The first-order valence-electron chi connectivity index (χ1n) is 7.43. The van der Waals surface area contributed by atoms with Gasteiger partial charge in [0, 0.05) is 32.1 Å². The van der Waals surface area contributed by atoms with Crippen molar-refractivity contribution in [2.45, 2.75) is 45.2 Å². The molecule has 0 aromatic heterocycles. The van der Waals surface area contributed by atoms with E-state index in [0.717, 1.165) is 19.3 Å². The van der Waals surface area contributed by atoms with Crippen LogP contribution in [-0.4, -0.2) is 60.2 Å². The zero-order valence-corrected chi connectivity index (χ0v) is 12.2. The average Bonchev–Trinajstić information content (AvgIpc) is 2.36. The summed E-state index contributed by atoms with van der Waals surface area (Å²) in [7, 11) is 0. The van der Waals surface area contributed by atoms with Gasteiger partial charge >= 0.3 is 12.1 Å². The number of nitrogens with zero attached hydrogens (tertiary/aromatic N) is 2. The van der Waals surface area contributed by atoms with E-state index in [9.17, 15) is 9.59 Å². The number of piperazine rings is 1. The summed E-state index contributed by atoms with van der Waals surface area (Å²) in [4.78, 5) is 27.4. The van der Waals surface area contributed by atoms with Crippen LogP contribution in [0.5, 0.6) is 0 Å².